The predicted molar refractivity (Wildman–Crippen MR) is 162 cm³/mol. The Morgan fingerprint density at radius 2 is 1.78 bits per heavy atom. The SMILES string of the molecule is COc1ccc(C(=O)NC(C)C)cc1-c1nc2c(n1C(C)C)C1c3ccc(Cl)cc3-c3c(Cl)ccc(C)c3N1C2=O. The van der Waals surface area contributed by atoms with Gasteiger partial charge in [0, 0.05) is 28.2 Å². The third-order valence-corrected chi connectivity index (χ3v) is 8.22. The lowest BCUT2D eigenvalue weighted by Crippen LogP contribution is -2.34. The number of imidazole rings is 1. The molecule has 0 fully saturated rings. The van der Waals surface area contributed by atoms with Gasteiger partial charge in [0.2, 0.25) is 0 Å². The fourth-order valence-corrected chi connectivity index (χ4v) is 6.46. The van der Waals surface area contributed by atoms with Crippen LogP contribution in [0.4, 0.5) is 5.69 Å². The van der Waals surface area contributed by atoms with E-state index in [1.165, 1.54) is 0 Å². The topological polar surface area (TPSA) is 76.5 Å². The Morgan fingerprint density at radius 1 is 1.02 bits per heavy atom. The van der Waals surface area contributed by atoms with Crippen molar-refractivity contribution >= 4 is 40.7 Å². The third kappa shape index (κ3) is 4.13. The summed E-state index contributed by atoms with van der Waals surface area (Å²) in [6.45, 7) is 9.92. The molecule has 210 valence electrons. The van der Waals surface area contributed by atoms with Gasteiger partial charge in [-0.15, -0.1) is 0 Å². The Balaban J connectivity index is 1.62. The van der Waals surface area contributed by atoms with E-state index in [1.54, 1.807) is 25.3 Å². The number of fused-ring (bicyclic) bond motifs is 8. The van der Waals surface area contributed by atoms with Gasteiger partial charge in [0.25, 0.3) is 11.8 Å². The van der Waals surface area contributed by atoms with Crippen molar-refractivity contribution in [3.05, 3.63) is 86.7 Å². The lowest BCUT2D eigenvalue weighted by molar-refractivity contribution is 0.0941. The van der Waals surface area contributed by atoms with Crippen molar-refractivity contribution in [2.24, 2.45) is 0 Å². The molecule has 2 amide bonds. The van der Waals surface area contributed by atoms with Crippen LogP contribution in [0.1, 0.15) is 77.4 Å². The van der Waals surface area contributed by atoms with E-state index in [9.17, 15) is 9.59 Å². The second kappa shape index (κ2) is 9.93. The number of hydrogen-bond acceptors (Lipinski definition) is 4. The minimum absolute atomic E-state index is 0.0159. The van der Waals surface area contributed by atoms with Gasteiger partial charge < -0.3 is 14.6 Å². The zero-order valence-corrected chi connectivity index (χ0v) is 25.2. The Kier molecular flexibility index (Phi) is 6.63. The molecule has 7 nitrogen and oxygen atoms in total. The number of methoxy groups -OCH3 is 1. The van der Waals surface area contributed by atoms with Crippen LogP contribution in [0.3, 0.4) is 0 Å². The average Bonchev–Trinajstić information content (AvgIpc) is 3.45. The van der Waals surface area contributed by atoms with E-state index < -0.39 is 6.04 Å². The molecule has 4 aromatic rings. The fraction of sp³-hybridized carbons (Fsp3) is 0.281. The maximum atomic E-state index is 14.3. The molecule has 6 rings (SSSR count). The van der Waals surface area contributed by atoms with Gasteiger partial charge >= 0.3 is 0 Å². The molecular weight excluding hydrogens is 559 g/mol. The summed E-state index contributed by atoms with van der Waals surface area (Å²) >= 11 is 13.3. The van der Waals surface area contributed by atoms with Crippen molar-refractivity contribution in [1.82, 2.24) is 14.9 Å². The maximum absolute atomic E-state index is 14.3. The molecule has 3 heterocycles. The van der Waals surface area contributed by atoms with Gasteiger partial charge in [-0.1, -0.05) is 35.3 Å². The highest BCUT2D eigenvalue weighted by atomic mass is 35.5. The van der Waals surface area contributed by atoms with E-state index in [0.29, 0.717) is 38.4 Å². The molecule has 1 unspecified atom stereocenters. The van der Waals surface area contributed by atoms with Gasteiger partial charge in [-0.3, -0.25) is 14.5 Å². The van der Waals surface area contributed by atoms with Crippen LogP contribution >= 0.6 is 23.2 Å². The number of aryl methyl sites for hydroxylation is 1. The van der Waals surface area contributed by atoms with Crippen LogP contribution in [-0.2, 0) is 0 Å². The molecule has 9 heteroatoms. The highest BCUT2D eigenvalue weighted by Gasteiger charge is 2.49. The minimum Gasteiger partial charge on any atom is -0.496 e. The number of rotatable bonds is 5. The van der Waals surface area contributed by atoms with Crippen LogP contribution in [-0.4, -0.2) is 34.5 Å². The van der Waals surface area contributed by atoms with E-state index in [1.807, 2.05) is 56.0 Å². The first kappa shape index (κ1) is 27.4. The second-order valence-electron chi connectivity index (χ2n) is 11.1. The highest BCUT2D eigenvalue weighted by Crippen LogP contribution is 2.56. The smallest absolute Gasteiger partial charge is 0.279 e. The van der Waals surface area contributed by atoms with E-state index in [-0.39, 0.29) is 23.9 Å². The summed E-state index contributed by atoms with van der Waals surface area (Å²) in [5, 5.41) is 4.08. The normalized spacial score (nSPS) is 15.1. The van der Waals surface area contributed by atoms with Crippen LogP contribution < -0.4 is 15.0 Å². The zero-order valence-electron chi connectivity index (χ0n) is 23.7. The van der Waals surface area contributed by atoms with E-state index >= 15 is 0 Å². The number of hydrogen-bond donors (Lipinski definition) is 1. The number of amides is 2. The van der Waals surface area contributed by atoms with E-state index in [4.69, 9.17) is 32.9 Å². The van der Waals surface area contributed by atoms with Crippen LogP contribution in [0.15, 0.2) is 48.5 Å². The molecule has 0 aliphatic carbocycles. The Bertz CT molecular complexity index is 1760. The van der Waals surface area contributed by atoms with Gasteiger partial charge in [0.1, 0.15) is 17.6 Å². The Morgan fingerprint density at radius 3 is 2.46 bits per heavy atom. The van der Waals surface area contributed by atoms with Crippen molar-refractivity contribution in [3.8, 4) is 28.3 Å². The summed E-state index contributed by atoms with van der Waals surface area (Å²) in [5.74, 6) is 0.733. The average molecular weight is 590 g/mol. The van der Waals surface area contributed by atoms with Gasteiger partial charge in [-0.25, -0.2) is 4.98 Å². The molecule has 0 spiro atoms. The number of aromatic nitrogens is 2. The van der Waals surface area contributed by atoms with Crippen LogP contribution in [0.2, 0.25) is 10.0 Å². The number of carbonyl (C=O) groups excluding carboxylic acids is 2. The molecule has 0 radical (unpaired) electrons. The lowest BCUT2D eigenvalue weighted by atomic mass is 9.86. The second-order valence-corrected chi connectivity index (χ2v) is 11.9. The number of carbonyl (C=O) groups is 2. The summed E-state index contributed by atoms with van der Waals surface area (Å²) in [4.78, 5) is 34.0. The molecular formula is C32H30Cl2N4O3. The number of benzene rings is 3. The van der Waals surface area contributed by atoms with Crippen molar-refractivity contribution in [2.45, 2.75) is 52.7 Å². The summed E-state index contributed by atoms with van der Waals surface area (Å²) in [6.07, 6.45) is 0. The molecule has 1 N–H and O–H groups in total. The molecule has 1 aromatic heterocycles. The van der Waals surface area contributed by atoms with Gasteiger partial charge in [0.15, 0.2) is 5.69 Å². The van der Waals surface area contributed by atoms with Crippen molar-refractivity contribution < 1.29 is 14.3 Å². The third-order valence-electron chi connectivity index (χ3n) is 7.67. The molecule has 2 aliphatic rings. The van der Waals surface area contributed by atoms with Crippen molar-refractivity contribution in [1.29, 1.82) is 0 Å². The summed E-state index contributed by atoms with van der Waals surface area (Å²) in [5.41, 5.74) is 6.58. The standard InChI is InChI=1S/C32H30Cl2N4O3/c1-15(2)35-31(39)18-8-12-24(41-6)22(13-18)30-36-26-29(37(30)16(3)4)28-20-10-9-19(33)14-21(20)25-23(34)11-7-17(5)27(25)38(28)32(26)40/h7-16,28H,1-6H3,(H,35,39). The zero-order chi connectivity index (χ0) is 29.3. The first-order chi connectivity index (χ1) is 19.5. The number of nitrogens with zero attached hydrogens (tertiary/aromatic N) is 3. The molecule has 0 saturated carbocycles. The lowest BCUT2D eigenvalue weighted by Gasteiger charge is -2.37. The molecule has 0 saturated heterocycles. The number of halogens is 2. The largest absolute Gasteiger partial charge is 0.496 e. The molecule has 1 atom stereocenters. The van der Waals surface area contributed by atoms with Crippen LogP contribution in [0, 0.1) is 6.92 Å². The summed E-state index contributed by atoms with van der Waals surface area (Å²) < 4.78 is 7.81. The maximum Gasteiger partial charge on any atom is 0.279 e. The minimum atomic E-state index is -0.434. The predicted octanol–water partition coefficient (Wildman–Crippen LogP) is 7.62. The monoisotopic (exact) mass is 588 g/mol. The van der Waals surface area contributed by atoms with Gasteiger partial charge in [-0.2, -0.15) is 0 Å². The van der Waals surface area contributed by atoms with Gasteiger partial charge in [0.05, 0.1) is 29.1 Å². The van der Waals surface area contributed by atoms with E-state index in [0.717, 1.165) is 33.6 Å². The van der Waals surface area contributed by atoms with Gasteiger partial charge in [-0.05, 0) is 87.7 Å². The number of ether oxygens (including phenoxy) is 1. The highest BCUT2D eigenvalue weighted by molar-refractivity contribution is 6.35. The molecule has 41 heavy (non-hydrogen) atoms. The van der Waals surface area contributed by atoms with Crippen LogP contribution in [0.5, 0.6) is 5.75 Å². The van der Waals surface area contributed by atoms with Crippen LogP contribution in [0.25, 0.3) is 22.5 Å². The Hall–Kier alpha value is -3.81. The summed E-state index contributed by atoms with van der Waals surface area (Å²) in [6, 6.07) is 14.3. The summed E-state index contributed by atoms with van der Waals surface area (Å²) in [7, 11) is 1.58. The molecule has 0 bridgehead atoms. The number of nitrogens with one attached hydrogen (secondary N) is 1. The van der Waals surface area contributed by atoms with Crippen molar-refractivity contribution in [3.63, 3.8) is 0 Å². The Labute approximate surface area is 249 Å². The fourth-order valence-electron chi connectivity index (χ4n) is 6.04. The molecule has 3 aromatic carbocycles. The van der Waals surface area contributed by atoms with Crippen molar-refractivity contribution in [2.75, 3.05) is 12.0 Å². The quantitative estimate of drug-likeness (QED) is 0.260. The number of anilines is 1. The molecule has 2 aliphatic heterocycles. The first-order valence-electron chi connectivity index (χ1n) is 13.6. The first-order valence-corrected chi connectivity index (χ1v) is 14.3. The van der Waals surface area contributed by atoms with E-state index in [2.05, 4.69) is 23.7 Å².